The van der Waals surface area contributed by atoms with Gasteiger partial charge in [-0.3, -0.25) is 0 Å². The summed E-state index contributed by atoms with van der Waals surface area (Å²) in [5, 5.41) is 7.86. The van der Waals surface area contributed by atoms with E-state index in [0.717, 1.165) is 12.3 Å². The Morgan fingerprint density at radius 3 is 2.68 bits per heavy atom. The van der Waals surface area contributed by atoms with Gasteiger partial charge in [0.15, 0.2) is 0 Å². The second-order valence-corrected chi connectivity index (χ2v) is 7.19. The van der Waals surface area contributed by atoms with Gasteiger partial charge in [-0.25, -0.2) is 27.3 Å². The first-order valence-electron chi connectivity index (χ1n) is 6.52. The molecule has 0 radical (unpaired) electrons. The minimum Gasteiger partial charge on any atom is -0.468 e. The molecule has 0 aromatic carbocycles. The number of rotatable bonds is 5. The molecule has 0 aliphatic carbocycles. The molecule has 22 heavy (non-hydrogen) atoms. The van der Waals surface area contributed by atoms with Crippen molar-refractivity contribution in [3.8, 4) is 5.88 Å². The van der Waals surface area contributed by atoms with Crippen molar-refractivity contribution in [1.82, 2.24) is 10.3 Å². The van der Waals surface area contributed by atoms with Gasteiger partial charge in [-0.05, 0) is 12.6 Å². The average molecular weight is 356 g/mol. The Balaban J connectivity index is 2.32. The number of nitrogens with zero attached hydrogens (tertiary/aromatic N) is 1. The molecule has 10 heteroatoms. The number of alkyl halides is 2. The maximum atomic E-state index is 13.1. The fourth-order valence-corrected chi connectivity index (χ4v) is 3.07. The molecule has 1 aromatic rings. The van der Waals surface area contributed by atoms with Crippen molar-refractivity contribution in [3.63, 3.8) is 0 Å². The van der Waals surface area contributed by atoms with Gasteiger partial charge in [0.25, 0.3) is 0 Å². The lowest BCUT2D eigenvalue weighted by Crippen LogP contribution is -2.47. The Bertz CT molecular complexity index is 651. The maximum Gasteiger partial charge on any atom is 0.245 e. The highest BCUT2D eigenvalue weighted by molar-refractivity contribution is 7.89. The van der Waals surface area contributed by atoms with E-state index >= 15 is 0 Å². The molecular weight excluding hydrogens is 340 g/mol. The Hall–Kier alpha value is -1.03. The van der Waals surface area contributed by atoms with Crippen LogP contribution in [0.2, 0.25) is 5.02 Å². The molecule has 3 N–H and O–H groups in total. The summed E-state index contributed by atoms with van der Waals surface area (Å²) in [6.45, 7) is 2.15. The molecule has 2 rings (SSSR count). The van der Waals surface area contributed by atoms with Crippen LogP contribution >= 0.6 is 11.6 Å². The highest BCUT2D eigenvalue weighted by atomic mass is 35.5. The number of pyridine rings is 1. The average Bonchev–Trinajstić information content (AvgIpc) is 2.88. The highest BCUT2D eigenvalue weighted by Gasteiger charge is 2.46. The number of aromatic nitrogens is 1. The van der Waals surface area contributed by atoms with Gasteiger partial charge in [-0.2, -0.15) is 0 Å². The molecule has 1 saturated heterocycles. The molecule has 1 aromatic heterocycles. The topological polar surface area (TPSA) is 94.3 Å². The minimum absolute atomic E-state index is 0.0923. The molecule has 1 unspecified atom stereocenters. The second-order valence-electron chi connectivity index (χ2n) is 5.22. The number of hydrogen-bond donors (Lipinski definition) is 2. The molecular formula is C12H16ClF2N3O3S. The predicted octanol–water partition coefficient (Wildman–Crippen LogP) is 1.39. The zero-order chi connectivity index (χ0) is 16.5. The monoisotopic (exact) mass is 355 g/mol. The molecule has 6 nitrogen and oxygen atoms in total. The van der Waals surface area contributed by atoms with Gasteiger partial charge in [0.1, 0.15) is 15.5 Å². The van der Waals surface area contributed by atoms with E-state index in [2.05, 4.69) is 10.3 Å². The van der Waals surface area contributed by atoms with Crippen LogP contribution in [0.1, 0.15) is 13.3 Å². The molecule has 2 heterocycles. The lowest BCUT2D eigenvalue weighted by atomic mass is 9.88. The summed E-state index contributed by atoms with van der Waals surface area (Å²) in [5.41, 5.74) is -1.14. The Kier molecular flexibility index (Phi) is 4.90. The van der Waals surface area contributed by atoms with Crippen LogP contribution in [0, 0.1) is 5.92 Å². The van der Waals surface area contributed by atoms with E-state index in [1.165, 1.54) is 6.92 Å². The number of primary sulfonamides is 1. The summed E-state index contributed by atoms with van der Waals surface area (Å²) in [6, 6.07) is 1.09. The van der Waals surface area contributed by atoms with Crippen LogP contribution in [0.3, 0.4) is 0 Å². The number of halogens is 3. The van der Waals surface area contributed by atoms with Crippen LogP contribution < -0.4 is 15.2 Å². The Labute approximate surface area is 132 Å². The van der Waals surface area contributed by atoms with Crippen molar-refractivity contribution >= 4 is 21.6 Å². The molecule has 1 aliphatic rings. The molecule has 1 fully saturated rings. The van der Waals surface area contributed by atoms with Gasteiger partial charge in [0.2, 0.25) is 22.3 Å². The van der Waals surface area contributed by atoms with Crippen molar-refractivity contribution in [2.45, 2.75) is 30.3 Å². The summed E-state index contributed by atoms with van der Waals surface area (Å²) < 4.78 is 54.3. The number of sulfonamides is 1. The first-order chi connectivity index (χ1) is 10.2. The molecule has 1 aliphatic heterocycles. The zero-order valence-corrected chi connectivity index (χ0v) is 13.3. The van der Waals surface area contributed by atoms with E-state index < -0.39 is 28.0 Å². The fraction of sp³-hybridized carbons (Fsp3) is 0.583. The normalized spacial score (nSPS) is 23.7. The third kappa shape index (κ3) is 3.48. The van der Waals surface area contributed by atoms with Crippen molar-refractivity contribution < 1.29 is 21.9 Å². The van der Waals surface area contributed by atoms with Gasteiger partial charge in [-0.1, -0.05) is 18.5 Å². The summed E-state index contributed by atoms with van der Waals surface area (Å²) in [4.78, 5) is 3.54. The van der Waals surface area contributed by atoms with E-state index in [9.17, 15) is 17.2 Å². The van der Waals surface area contributed by atoms with Crippen molar-refractivity contribution in [3.05, 3.63) is 17.3 Å². The van der Waals surface area contributed by atoms with Crippen molar-refractivity contribution in [2.75, 3.05) is 13.1 Å². The highest BCUT2D eigenvalue weighted by Crippen LogP contribution is 2.36. The van der Waals surface area contributed by atoms with Crippen LogP contribution in [0.4, 0.5) is 8.78 Å². The minimum atomic E-state index is -3.95. The molecule has 124 valence electrons. The van der Waals surface area contributed by atoms with Crippen LogP contribution in [-0.2, 0) is 10.0 Å². The summed E-state index contributed by atoms with van der Waals surface area (Å²) in [5.74, 6) is -1.14. The quantitative estimate of drug-likeness (QED) is 0.832. The summed E-state index contributed by atoms with van der Waals surface area (Å²) in [7, 11) is -3.95. The molecule has 0 amide bonds. The lowest BCUT2D eigenvalue weighted by molar-refractivity contribution is -0.0488. The first-order valence-corrected chi connectivity index (χ1v) is 8.44. The second kappa shape index (κ2) is 6.23. The smallest absolute Gasteiger partial charge is 0.245 e. The van der Waals surface area contributed by atoms with Gasteiger partial charge in [-0.15, -0.1) is 0 Å². The Morgan fingerprint density at radius 1 is 1.55 bits per heavy atom. The fourth-order valence-electron chi connectivity index (χ4n) is 2.32. The van der Waals surface area contributed by atoms with Gasteiger partial charge in [0, 0.05) is 13.0 Å². The van der Waals surface area contributed by atoms with Crippen LogP contribution in [0.15, 0.2) is 17.2 Å². The van der Waals surface area contributed by atoms with Gasteiger partial charge >= 0.3 is 0 Å². The van der Waals surface area contributed by atoms with E-state index in [1.807, 2.05) is 0 Å². The van der Waals surface area contributed by atoms with Crippen LogP contribution in [0.25, 0.3) is 0 Å². The van der Waals surface area contributed by atoms with Crippen LogP contribution in [0.5, 0.6) is 5.88 Å². The van der Waals surface area contributed by atoms with Crippen molar-refractivity contribution in [2.24, 2.45) is 11.1 Å². The van der Waals surface area contributed by atoms with E-state index in [4.69, 9.17) is 21.5 Å². The van der Waals surface area contributed by atoms with E-state index in [0.29, 0.717) is 13.0 Å². The standard InChI is InChI=1S/C12H16ClF2N3O3S/c1-7(10(14)15)12(2-3-17-6-12)21-11-9(13)4-8(5-18-11)22(16,19)20/h4-5,7,10,17H,2-3,6H2,1H3,(H2,16,19,20)/t7?,12-/m0/s1. The molecule has 0 saturated carbocycles. The van der Waals surface area contributed by atoms with Crippen molar-refractivity contribution in [1.29, 1.82) is 0 Å². The third-order valence-corrected chi connectivity index (χ3v) is 4.92. The Morgan fingerprint density at radius 2 is 2.23 bits per heavy atom. The first kappa shape index (κ1) is 17.3. The van der Waals surface area contributed by atoms with Gasteiger partial charge in [0.05, 0.1) is 12.1 Å². The largest absolute Gasteiger partial charge is 0.468 e. The van der Waals surface area contributed by atoms with E-state index in [-0.39, 0.29) is 22.3 Å². The number of hydrogen-bond acceptors (Lipinski definition) is 5. The lowest BCUT2D eigenvalue weighted by Gasteiger charge is -2.34. The maximum absolute atomic E-state index is 13.1. The predicted molar refractivity (Wildman–Crippen MR) is 76.6 cm³/mol. The molecule has 0 bridgehead atoms. The van der Waals surface area contributed by atoms with Gasteiger partial charge < -0.3 is 10.1 Å². The molecule has 2 atom stereocenters. The SMILES string of the molecule is CC(C(F)F)[C@]1(Oc2ncc(S(N)(=O)=O)cc2Cl)CCNC1. The third-order valence-electron chi connectivity index (χ3n) is 3.77. The summed E-state index contributed by atoms with van der Waals surface area (Å²) >= 11 is 5.94. The summed E-state index contributed by atoms with van der Waals surface area (Å²) in [6.07, 6.45) is -1.21. The number of nitrogens with two attached hydrogens (primary N) is 1. The number of nitrogens with one attached hydrogen (secondary N) is 1. The van der Waals surface area contributed by atoms with E-state index in [1.54, 1.807) is 0 Å². The molecule has 0 spiro atoms. The van der Waals surface area contributed by atoms with Crippen LogP contribution in [-0.4, -0.2) is 38.5 Å². The number of ether oxygens (including phenoxy) is 1. The zero-order valence-electron chi connectivity index (χ0n) is 11.7.